The fraction of sp³-hybridized carbons (Fsp3) is 0.286. The van der Waals surface area contributed by atoms with Gasteiger partial charge in [0, 0.05) is 12.4 Å². The maximum atomic E-state index is 12.0. The van der Waals surface area contributed by atoms with Crippen molar-refractivity contribution in [1.82, 2.24) is 4.98 Å². The van der Waals surface area contributed by atoms with Gasteiger partial charge in [0.2, 0.25) is 5.43 Å². The van der Waals surface area contributed by atoms with E-state index in [1.165, 1.54) is 0 Å². The molecule has 0 atom stereocenters. The molecule has 0 aliphatic carbocycles. The third-order valence-corrected chi connectivity index (χ3v) is 1.51. The molecule has 0 amide bonds. The van der Waals surface area contributed by atoms with E-state index in [9.17, 15) is 26.7 Å². The van der Waals surface area contributed by atoms with Gasteiger partial charge >= 0.3 is 6.18 Å². The Balaban J connectivity index is 3.36. The van der Waals surface area contributed by atoms with Crippen LogP contribution in [0.2, 0.25) is 0 Å². The van der Waals surface area contributed by atoms with Crippen molar-refractivity contribution in [3.63, 3.8) is 0 Å². The predicted molar refractivity (Wildman–Crippen MR) is 37.0 cm³/mol. The van der Waals surface area contributed by atoms with Crippen molar-refractivity contribution in [3.05, 3.63) is 33.7 Å². The molecule has 0 spiro atoms. The van der Waals surface area contributed by atoms with E-state index >= 15 is 0 Å². The molecule has 0 bridgehead atoms. The third kappa shape index (κ3) is 1.91. The summed E-state index contributed by atoms with van der Waals surface area (Å²) in [6.07, 6.45) is -7.23. The van der Waals surface area contributed by atoms with E-state index in [2.05, 4.69) is 0 Å². The van der Waals surface area contributed by atoms with E-state index in [4.69, 9.17) is 0 Å². The summed E-state index contributed by atoms with van der Waals surface area (Å²) in [7, 11) is 0. The van der Waals surface area contributed by atoms with Gasteiger partial charge in [0.05, 0.1) is 5.56 Å². The van der Waals surface area contributed by atoms with E-state index in [1.54, 1.807) is 0 Å². The summed E-state index contributed by atoms with van der Waals surface area (Å²) >= 11 is 0. The van der Waals surface area contributed by atoms with Crippen LogP contribution in [-0.2, 0) is 6.18 Å². The first-order valence-corrected chi connectivity index (χ1v) is 3.40. The first kappa shape index (κ1) is 10.7. The van der Waals surface area contributed by atoms with Crippen LogP contribution in [0.3, 0.4) is 0 Å². The minimum absolute atomic E-state index is 0.355. The molecule has 0 saturated carbocycles. The normalized spacial score (nSPS) is 12.1. The van der Waals surface area contributed by atoms with Crippen LogP contribution in [0.15, 0.2) is 17.2 Å². The molecule has 0 unspecified atom stereocenters. The Hall–Kier alpha value is -1.40. The van der Waals surface area contributed by atoms with Crippen LogP contribution in [0.5, 0.6) is 0 Å². The van der Waals surface area contributed by atoms with Crippen molar-refractivity contribution in [3.8, 4) is 0 Å². The van der Waals surface area contributed by atoms with Crippen molar-refractivity contribution >= 4 is 0 Å². The molecule has 1 rings (SSSR count). The third-order valence-electron chi connectivity index (χ3n) is 1.51. The quantitative estimate of drug-likeness (QED) is 0.713. The summed E-state index contributed by atoms with van der Waals surface area (Å²) in [5, 5.41) is 0. The van der Waals surface area contributed by atoms with Gasteiger partial charge in [-0.25, -0.2) is 8.78 Å². The average Bonchev–Trinajstić information content (AvgIpc) is 2.01. The molecule has 0 aliphatic rings. The van der Waals surface area contributed by atoms with E-state index in [1.807, 2.05) is 4.98 Å². The van der Waals surface area contributed by atoms with Crippen LogP contribution in [0.4, 0.5) is 22.0 Å². The number of hydrogen-bond acceptors (Lipinski definition) is 1. The summed E-state index contributed by atoms with van der Waals surface area (Å²) in [5.41, 5.74) is -4.48. The molecule has 1 heterocycles. The monoisotopic (exact) mass is 213 g/mol. The molecule has 1 aromatic heterocycles. The Bertz CT molecular complexity index is 380. The zero-order chi connectivity index (χ0) is 10.9. The number of halogens is 5. The average molecular weight is 213 g/mol. The molecular formula is C7H4F5NO. The number of aromatic nitrogens is 1. The minimum Gasteiger partial charge on any atom is -0.366 e. The van der Waals surface area contributed by atoms with Gasteiger partial charge < -0.3 is 4.98 Å². The molecule has 7 heteroatoms. The van der Waals surface area contributed by atoms with Gasteiger partial charge in [-0.1, -0.05) is 0 Å². The fourth-order valence-corrected chi connectivity index (χ4v) is 0.874. The van der Waals surface area contributed by atoms with Gasteiger partial charge in [-0.2, -0.15) is 13.2 Å². The van der Waals surface area contributed by atoms with E-state index in [0.717, 1.165) is 0 Å². The van der Waals surface area contributed by atoms with Crippen LogP contribution in [-0.4, -0.2) is 4.98 Å². The second-order valence-electron chi connectivity index (χ2n) is 2.45. The Morgan fingerprint density at radius 1 is 1.21 bits per heavy atom. The van der Waals surface area contributed by atoms with Crippen molar-refractivity contribution in [2.75, 3.05) is 0 Å². The van der Waals surface area contributed by atoms with Crippen LogP contribution in [0, 0.1) is 0 Å². The number of rotatable bonds is 1. The molecule has 0 saturated heterocycles. The molecular weight excluding hydrogens is 209 g/mol. The highest BCUT2D eigenvalue weighted by Gasteiger charge is 2.35. The molecule has 0 fully saturated rings. The van der Waals surface area contributed by atoms with Gasteiger partial charge in [-0.15, -0.1) is 0 Å². The largest absolute Gasteiger partial charge is 0.421 e. The molecule has 0 radical (unpaired) electrons. The number of nitrogens with one attached hydrogen (secondary N) is 1. The van der Waals surface area contributed by atoms with Gasteiger partial charge in [-0.3, -0.25) is 4.79 Å². The lowest BCUT2D eigenvalue weighted by Gasteiger charge is -2.06. The molecule has 0 aromatic carbocycles. The number of H-pyrrole nitrogens is 1. The summed E-state index contributed by atoms with van der Waals surface area (Å²) < 4.78 is 60.1. The Kier molecular flexibility index (Phi) is 2.59. The molecule has 14 heavy (non-hydrogen) atoms. The van der Waals surface area contributed by atoms with Crippen molar-refractivity contribution < 1.29 is 22.0 Å². The predicted octanol–water partition coefficient (Wildman–Crippen LogP) is 2.33. The number of alkyl halides is 5. The van der Waals surface area contributed by atoms with E-state index in [-0.39, 0.29) is 0 Å². The SMILES string of the molecule is O=c1c(C(F)F)c[nH]cc1C(F)(F)F. The second kappa shape index (κ2) is 3.39. The van der Waals surface area contributed by atoms with Gasteiger partial charge in [0.15, 0.2) is 0 Å². The van der Waals surface area contributed by atoms with Crippen LogP contribution < -0.4 is 5.43 Å². The zero-order valence-corrected chi connectivity index (χ0v) is 6.53. The Morgan fingerprint density at radius 2 is 1.79 bits per heavy atom. The smallest absolute Gasteiger partial charge is 0.366 e. The molecule has 1 N–H and O–H groups in total. The number of pyridine rings is 1. The topological polar surface area (TPSA) is 32.9 Å². The Morgan fingerprint density at radius 3 is 2.21 bits per heavy atom. The van der Waals surface area contributed by atoms with Gasteiger partial charge in [0.1, 0.15) is 5.56 Å². The Labute approximate surface area is 74.4 Å². The van der Waals surface area contributed by atoms with Crippen LogP contribution >= 0.6 is 0 Å². The number of hydrogen-bond donors (Lipinski definition) is 1. The van der Waals surface area contributed by atoms with Crippen molar-refractivity contribution in [2.45, 2.75) is 12.6 Å². The lowest BCUT2D eigenvalue weighted by molar-refractivity contribution is -0.138. The molecule has 2 nitrogen and oxygen atoms in total. The highest BCUT2D eigenvalue weighted by atomic mass is 19.4. The highest BCUT2D eigenvalue weighted by Crippen LogP contribution is 2.27. The fourth-order valence-electron chi connectivity index (χ4n) is 0.874. The summed E-state index contributed by atoms with van der Waals surface area (Å²) in [6, 6.07) is 0. The highest BCUT2D eigenvalue weighted by molar-refractivity contribution is 5.21. The van der Waals surface area contributed by atoms with Gasteiger partial charge in [0.25, 0.3) is 6.43 Å². The first-order valence-electron chi connectivity index (χ1n) is 3.40. The second-order valence-corrected chi connectivity index (χ2v) is 2.45. The zero-order valence-electron chi connectivity index (χ0n) is 6.53. The number of aromatic amines is 1. The summed E-state index contributed by atoms with van der Waals surface area (Å²) in [4.78, 5) is 12.7. The summed E-state index contributed by atoms with van der Waals surface area (Å²) in [5.74, 6) is 0. The summed E-state index contributed by atoms with van der Waals surface area (Å²) in [6.45, 7) is 0. The van der Waals surface area contributed by atoms with E-state index in [0.29, 0.717) is 12.4 Å². The van der Waals surface area contributed by atoms with Crippen LogP contribution in [0.1, 0.15) is 17.6 Å². The lowest BCUT2D eigenvalue weighted by atomic mass is 10.2. The molecule has 0 aliphatic heterocycles. The maximum Gasteiger partial charge on any atom is 0.421 e. The minimum atomic E-state index is -4.92. The maximum absolute atomic E-state index is 12.0. The van der Waals surface area contributed by atoms with Crippen LogP contribution in [0.25, 0.3) is 0 Å². The van der Waals surface area contributed by atoms with Crippen molar-refractivity contribution in [1.29, 1.82) is 0 Å². The van der Waals surface area contributed by atoms with Gasteiger partial charge in [-0.05, 0) is 0 Å². The van der Waals surface area contributed by atoms with Crippen molar-refractivity contribution in [2.24, 2.45) is 0 Å². The van der Waals surface area contributed by atoms with E-state index < -0.39 is 29.2 Å². The lowest BCUT2D eigenvalue weighted by Crippen LogP contribution is -2.22. The molecule has 1 aromatic rings. The standard InChI is InChI=1S/C7H4F5NO/c8-6(9)3-1-13-2-4(5(3)14)7(10,11)12/h1-2,6H,(H,13,14). The first-order chi connectivity index (χ1) is 6.34. The molecule has 78 valence electrons.